The van der Waals surface area contributed by atoms with Crippen molar-refractivity contribution in [3.8, 4) is 11.3 Å². The van der Waals surface area contributed by atoms with Crippen LogP contribution in [0.4, 0.5) is 9.18 Å². The Morgan fingerprint density at radius 3 is 2.55 bits per heavy atom. The van der Waals surface area contributed by atoms with E-state index in [2.05, 4.69) is 10.4 Å². The highest BCUT2D eigenvalue weighted by molar-refractivity contribution is 6.31. The van der Waals surface area contributed by atoms with Gasteiger partial charge in [-0.15, -0.1) is 0 Å². The number of benzene rings is 1. The van der Waals surface area contributed by atoms with Crippen LogP contribution in [0.15, 0.2) is 18.2 Å². The van der Waals surface area contributed by atoms with Crippen molar-refractivity contribution in [3.63, 3.8) is 0 Å². The topological polar surface area (TPSA) is 93.2 Å². The van der Waals surface area contributed by atoms with Gasteiger partial charge in [0.1, 0.15) is 11.5 Å². The molecule has 3 amide bonds. The number of hydrogen-bond acceptors (Lipinski definition) is 3. The van der Waals surface area contributed by atoms with Crippen molar-refractivity contribution in [3.05, 3.63) is 40.3 Å². The normalized spacial score (nSPS) is 24.7. The Morgan fingerprint density at radius 2 is 1.90 bits per heavy atom. The van der Waals surface area contributed by atoms with Crippen molar-refractivity contribution in [2.24, 2.45) is 11.7 Å². The van der Waals surface area contributed by atoms with Crippen LogP contribution >= 0.6 is 11.6 Å². The lowest BCUT2D eigenvalue weighted by Gasteiger charge is -2.47. The van der Waals surface area contributed by atoms with Gasteiger partial charge in [0.2, 0.25) is 0 Å². The van der Waals surface area contributed by atoms with Crippen LogP contribution in [0, 0.1) is 11.7 Å². The average Bonchev–Trinajstić information content (AvgIpc) is 3.15. The molecule has 7 nitrogen and oxygen atoms in total. The van der Waals surface area contributed by atoms with Gasteiger partial charge in [-0.2, -0.15) is 5.10 Å². The maximum absolute atomic E-state index is 13.6. The van der Waals surface area contributed by atoms with Crippen LogP contribution in [0.3, 0.4) is 0 Å². The van der Waals surface area contributed by atoms with Crippen LogP contribution < -0.4 is 11.1 Å². The molecule has 1 aromatic heterocycles. The highest BCUT2D eigenvalue weighted by Gasteiger charge is 2.42. The van der Waals surface area contributed by atoms with Gasteiger partial charge in [0.25, 0.3) is 5.91 Å². The number of primary amides is 1. The summed E-state index contributed by atoms with van der Waals surface area (Å²) < 4.78 is 15.3. The zero-order chi connectivity index (χ0) is 21.8. The van der Waals surface area contributed by atoms with Crippen molar-refractivity contribution in [2.45, 2.75) is 57.2 Å². The molecule has 164 valence electrons. The Hall–Kier alpha value is -2.61. The number of carbonyl (C=O) groups is 2. The van der Waals surface area contributed by atoms with E-state index in [9.17, 15) is 14.0 Å². The lowest BCUT2D eigenvalue weighted by atomic mass is 9.66. The van der Waals surface area contributed by atoms with E-state index < -0.39 is 11.7 Å². The van der Waals surface area contributed by atoms with E-state index in [1.165, 1.54) is 37.5 Å². The molecule has 3 fully saturated rings. The Labute approximate surface area is 184 Å². The maximum atomic E-state index is 13.6. The largest absolute Gasteiger partial charge is 0.365 e. The van der Waals surface area contributed by atoms with Crippen molar-refractivity contribution in [2.75, 3.05) is 6.54 Å². The highest BCUT2D eigenvalue weighted by Crippen LogP contribution is 2.44. The van der Waals surface area contributed by atoms with Gasteiger partial charge in [0.05, 0.1) is 29.4 Å². The van der Waals surface area contributed by atoms with Crippen molar-refractivity contribution in [1.29, 1.82) is 0 Å². The molecule has 3 N–H and O–H groups in total. The van der Waals surface area contributed by atoms with Gasteiger partial charge in [-0.25, -0.2) is 9.18 Å². The van der Waals surface area contributed by atoms with Crippen LogP contribution in [0.5, 0.6) is 0 Å². The van der Waals surface area contributed by atoms with Crippen LogP contribution in [0.1, 0.15) is 54.6 Å². The molecule has 0 spiro atoms. The number of hydrogen-bond donors (Lipinski definition) is 2. The number of carbonyl (C=O) groups excluding carboxylic acids is 2. The first-order valence-electron chi connectivity index (χ1n) is 10.8. The predicted octanol–water partition coefficient (Wildman–Crippen LogP) is 3.69. The lowest BCUT2D eigenvalue weighted by molar-refractivity contribution is 0.0964. The first-order chi connectivity index (χ1) is 14.8. The minimum Gasteiger partial charge on any atom is -0.365 e. The first kappa shape index (κ1) is 20.3. The molecular formula is C22H25ClFN5O2. The summed E-state index contributed by atoms with van der Waals surface area (Å²) >= 11 is 5.92. The third-order valence-corrected chi connectivity index (χ3v) is 7.46. The highest BCUT2D eigenvalue weighted by atomic mass is 35.5. The van der Waals surface area contributed by atoms with E-state index in [0.717, 1.165) is 25.2 Å². The molecule has 1 aromatic carbocycles. The first-order valence-corrected chi connectivity index (χ1v) is 11.1. The monoisotopic (exact) mass is 445 g/mol. The summed E-state index contributed by atoms with van der Waals surface area (Å²) in [4.78, 5) is 27.1. The molecule has 2 heterocycles. The molecule has 31 heavy (non-hydrogen) atoms. The molecule has 3 saturated carbocycles. The molecule has 1 aliphatic heterocycles. The number of halogens is 2. The number of nitrogens with zero attached hydrogens (tertiary/aromatic N) is 3. The summed E-state index contributed by atoms with van der Waals surface area (Å²) in [5.41, 5.74) is 7.30. The van der Waals surface area contributed by atoms with E-state index in [-0.39, 0.29) is 28.7 Å². The molecule has 0 radical (unpaired) electrons. The van der Waals surface area contributed by atoms with Gasteiger partial charge in [-0.05, 0) is 62.6 Å². The second-order valence-corrected chi connectivity index (χ2v) is 9.41. The van der Waals surface area contributed by atoms with Crippen LogP contribution in [-0.4, -0.2) is 38.7 Å². The molecule has 0 saturated heterocycles. The van der Waals surface area contributed by atoms with Gasteiger partial charge in [-0.3, -0.25) is 9.48 Å². The van der Waals surface area contributed by atoms with E-state index in [1.54, 1.807) is 9.58 Å². The maximum Gasteiger partial charge on any atom is 0.318 e. The number of rotatable bonds is 3. The molecule has 0 atom stereocenters. The van der Waals surface area contributed by atoms with Crippen LogP contribution in [0.25, 0.3) is 11.3 Å². The van der Waals surface area contributed by atoms with Gasteiger partial charge in [-0.1, -0.05) is 11.6 Å². The number of nitrogens with two attached hydrogens (primary N) is 1. The fraction of sp³-hybridized carbons (Fsp3) is 0.500. The number of nitrogens with one attached hydrogen (secondary N) is 1. The van der Waals surface area contributed by atoms with Gasteiger partial charge < -0.3 is 16.0 Å². The third kappa shape index (κ3) is 3.56. The fourth-order valence-electron chi connectivity index (χ4n) is 5.34. The second kappa shape index (κ2) is 7.51. The quantitative estimate of drug-likeness (QED) is 0.754. The predicted molar refractivity (Wildman–Crippen MR) is 114 cm³/mol. The molecule has 2 bridgehead atoms. The Morgan fingerprint density at radius 1 is 1.19 bits per heavy atom. The minimum atomic E-state index is -0.636. The van der Waals surface area contributed by atoms with E-state index in [4.69, 9.17) is 17.3 Å². The second-order valence-electron chi connectivity index (χ2n) is 9.00. The minimum absolute atomic E-state index is 0.0543. The Balaban J connectivity index is 1.41. The molecular weight excluding hydrogens is 421 g/mol. The van der Waals surface area contributed by atoms with Crippen molar-refractivity contribution in [1.82, 2.24) is 20.0 Å². The number of amides is 3. The fourth-order valence-corrected chi connectivity index (χ4v) is 5.52. The number of fused-ring (bicyclic) bond motifs is 4. The van der Waals surface area contributed by atoms with Crippen LogP contribution in [0.2, 0.25) is 5.02 Å². The zero-order valence-corrected chi connectivity index (χ0v) is 17.9. The molecule has 3 aliphatic carbocycles. The molecule has 9 heteroatoms. The van der Waals surface area contributed by atoms with Gasteiger partial charge in [0, 0.05) is 17.6 Å². The Bertz CT molecular complexity index is 1050. The number of aromatic nitrogens is 2. The summed E-state index contributed by atoms with van der Waals surface area (Å²) in [6, 6.07) is 4.08. The Kier molecular flexibility index (Phi) is 4.92. The summed E-state index contributed by atoms with van der Waals surface area (Å²) in [7, 11) is 0. The van der Waals surface area contributed by atoms with Gasteiger partial charge in [0.15, 0.2) is 0 Å². The summed E-state index contributed by atoms with van der Waals surface area (Å²) in [5, 5.41) is 7.78. The summed E-state index contributed by atoms with van der Waals surface area (Å²) in [5.74, 6) is -0.364. The molecule has 2 aromatic rings. The van der Waals surface area contributed by atoms with Crippen molar-refractivity contribution >= 4 is 23.5 Å². The van der Waals surface area contributed by atoms with Gasteiger partial charge >= 0.3 is 6.03 Å². The van der Waals surface area contributed by atoms with Crippen molar-refractivity contribution < 1.29 is 14.0 Å². The average molecular weight is 446 g/mol. The molecule has 6 rings (SSSR count). The number of urea groups is 1. The SMILES string of the molecule is NC(=O)c1c(-c2ccc(F)c(Cl)c2)nn2c1CN(C(=O)NC13CCC(CC1)CC3)CC2. The van der Waals surface area contributed by atoms with Crippen LogP contribution in [-0.2, 0) is 13.1 Å². The van der Waals surface area contributed by atoms with E-state index in [0.29, 0.717) is 30.0 Å². The third-order valence-electron chi connectivity index (χ3n) is 7.17. The summed E-state index contributed by atoms with van der Waals surface area (Å²) in [6.07, 6.45) is 6.67. The molecule has 4 aliphatic rings. The van der Waals surface area contributed by atoms with E-state index in [1.807, 2.05) is 0 Å². The summed E-state index contributed by atoms with van der Waals surface area (Å²) in [6.45, 7) is 1.18. The lowest BCUT2D eigenvalue weighted by Crippen LogP contribution is -2.57. The zero-order valence-electron chi connectivity index (χ0n) is 17.2. The standard InChI is InChI=1S/C22H25ClFN5O2/c23-15-11-14(1-2-16(15)24)19-18(20(25)30)17-12-28(9-10-29(17)27-19)21(31)26-22-6-3-13(4-7-22)5-8-22/h1-2,11,13H,3-10,12H2,(H2,25,30)(H,26,31). The smallest absolute Gasteiger partial charge is 0.318 e. The molecule has 0 unspecified atom stereocenters. The van der Waals surface area contributed by atoms with E-state index >= 15 is 0 Å².